The van der Waals surface area contributed by atoms with Gasteiger partial charge in [0.05, 0.1) is 17.7 Å². The van der Waals surface area contributed by atoms with Crippen molar-refractivity contribution >= 4 is 60.6 Å². The number of amides is 1. The molecule has 4 rings (SSSR count). The maximum atomic E-state index is 12.5. The Bertz CT molecular complexity index is 1470. The van der Waals surface area contributed by atoms with E-state index in [2.05, 4.69) is 42.4 Å². The maximum Gasteiger partial charge on any atom is 0.307 e. The van der Waals surface area contributed by atoms with Crippen molar-refractivity contribution in [1.29, 1.82) is 0 Å². The molecule has 1 amide bonds. The Balaban J connectivity index is 1.47. The molecule has 1 heterocycles. The first-order valence-corrected chi connectivity index (χ1v) is 12.3. The Hall–Kier alpha value is -3.70. The van der Waals surface area contributed by atoms with Gasteiger partial charge in [0.1, 0.15) is 12.2 Å². The Morgan fingerprint density at radius 2 is 1.92 bits per heavy atom. The van der Waals surface area contributed by atoms with Crippen LogP contribution < -0.4 is 14.9 Å². The lowest BCUT2D eigenvalue weighted by molar-refractivity contribution is -0.384. The average Bonchev–Trinajstić information content (AvgIpc) is 3.28. The van der Waals surface area contributed by atoms with Crippen LogP contribution in [0.1, 0.15) is 28.6 Å². The second kappa shape index (κ2) is 11.4. The molecule has 0 aliphatic carbocycles. The largest absolute Gasteiger partial charge is 0.490 e. The zero-order valence-electron chi connectivity index (χ0n) is 18.9. The van der Waals surface area contributed by atoms with E-state index in [1.54, 1.807) is 36.4 Å². The Labute approximate surface area is 222 Å². The third kappa shape index (κ3) is 6.10. The zero-order valence-corrected chi connectivity index (χ0v) is 22.0. The molecule has 184 valence electrons. The van der Waals surface area contributed by atoms with Crippen molar-refractivity contribution in [1.82, 2.24) is 5.43 Å². The van der Waals surface area contributed by atoms with Gasteiger partial charge in [-0.1, -0.05) is 28.1 Å². The summed E-state index contributed by atoms with van der Waals surface area (Å²) in [5, 5.41) is 15.8. The minimum absolute atomic E-state index is 0.00793. The van der Waals surface area contributed by atoms with Crippen LogP contribution in [0.5, 0.6) is 11.5 Å². The van der Waals surface area contributed by atoms with Gasteiger partial charge in [0.15, 0.2) is 17.3 Å². The van der Waals surface area contributed by atoms with Gasteiger partial charge in [-0.3, -0.25) is 14.9 Å². The van der Waals surface area contributed by atoms with Crippen molar-refractivity contribution in [2.24, 2.45) is 5.10 Å². The Morgan fingerprint density at radius 3 is 2.69 bits per heavy atom. The van der Waals surface area contributed by atoms with Gasteiger partial charge >= 0.3 is 5.91 Å². The van der Waals surface area contributed by atoms with Crippen molar-refractivity contribution in [2.45, 2.75) is 13.5 Å². The molecule has 36 heavy (non-hydrogen) atoms. The first-order chi connectivity index (χ1) is 17.3. The fourth-order valence-electron chi connectivity index (χ4n) is 3.29. The minimum Gasteiger partial charge on any atom is -0.490 e. The molecular formula is C25H19Br2N3O6. The van der Waals surface area contributed by atoms with Crippen LogP contribution in [0.15, 0.2) is 79.1 Å². The van der Waals surface area contributed by atoms with Gasteiger partial charge in [-0.2, -0.15) is 5.10 Å². The number of furan rings is 1. The summed E-state index contributed by atoms with van der Waals surface area (Å²) in [6, 6.07) is 16.8. The average molecular weight is 617 g/mol. The molecule has 0 spiro atoms. The lowest BCUT2D eigenvalue weighted by Gasteiger charge is -2.14. The molecule has 1 aromatic heterocycles. The van der Waals surface area contributed by atoms with Crippen molar-refractivity contribution in [3.63, 3.8) is 0 Å². The number of nitrogens with one attached hydrogen (secondary N) is 1. The van der Waals surface area contributed by atoms with Crippen LogP contribution in [0.4, 0.5) is 5.69 Å². The van der Waals surface area contributed by atoms with E-state index in [-0.39, 0.29) is 18.1 Å². The lowest BCUT2D eigenvalue weighted by atomic mass is 10.2. The van der Waals surface area contributed by atoms with E-state index in [0.29, 0.717) is 39.3 Å². The lowest BCUT2D eigenvalue weighted by Crippen LogP contribution is -2.16. The molecule has 4 aromatic rings. The van der Waals surface area contributed by atoms with E-state index in [0.717, 1.165) is 9.86 Å². The molecule has 9 nitrogen and oxygen atoms in total. The number of carbonyl (C=O) groups excluding carboxylic acids is 1. The van der Waals surface area contributed by atoms with Gasteiger partial charge in [-0.15, -0.1) is 0 Å². The van der Waals surface area contributed by atoms with Crippen LogP contribution in [-0.4, -0.2) is 23.7 Å². The zero-order chi connectivity index (χ0) is 25.7. The molecule has 0 unspecified atom stereocenters. The van der Waals surface area contributed by atoms with E-state index in [1.807, 2.05) is 19.1 Å². The summed E-state index contributed by atoms with van der Waals surface area (Å²) in [6.45, 7) is 2.35. The molecule has 0 saturated heterocycles. The van der Waals surface area contributed by atoms with E-state index in [9.17, 15) is 14.9 Å². The third-order valence-electron chi connectivity index (χ3n) is 4.95. The normalized spacial score (nSPS) is 11.1. The third-order valence-corrected chi connectivity index (χ3v) is 6.13. The molecule has 0 saturated carbocycles. The van der Waals surface area contributed by atoms with Crippen molar-refractivity contribution in [3.05, 3.63) is 96.6 Å². The number of hydrogen-bond acceptors (Lipinski definition) is 7. The summed E-state index contributed by atoms with van der Waals surface area (Å²) in [7, 11) is 0. The summed E-state index contributed by atoms with van der Waals surface area (Å²) < 4.78 is 18.7. The Kier molecular flexibility index (Phi) is 8.01. The van der Waals surface area contributed by atoms with Crippen LogP contribution >= 0.6 is 31.9 Å². The second-order valence-corrected chi connectivity index (χ2v) is 9.23. The number of nitro benzene ring substituents is 1. The molecule has 1 N–H and O–H groups in total. The number of halogens is 2. The molecular weight excluding hydrogens is 598 g/mol. The van der Waals surface area contributed by atoms with Gasteiger partial charge in [-0.05, 0) is 64.8 Å². The molecule has 0 atom stereocenters. The second-order valence-electron chi connectivity index (χ2n) is 7.46. The van der Waals surface area contributed by atoms with Crippen LogP contribution in [-0.2, 0) is 6.61 Å². The van der Waals surface area contributed by atoms with E-state index < -0.39 is 10.8 Å². The van der Waals surface area contributed by atoms with Gasteiger partial charge in [-0.25, -0.2) is 5.43 Å². The minimum atomic E-state index is -0.489. The number of fused-ring (bicyclic) bond motifs is 1. The van der Waals surface area contributed by atoms with Crippen LogP contribution in [0.2, 0.25) is 0 Å². The number of nitro groups is 1. The number of nitrogens with zero attached hydrogens (tertiary/aromatic N) is 2. The molecule has 3 aromatic carbocycles. The number of carbonyl (C=O) groups is 1. The summed E-state index contributed by atoms with van der Waals surface area (Å²) in [5.74, 6) is 0.558. The fraction of sp³-hybridized carbons (Fsp3) is 0.120. The highest BCUT2D eigenvalue weighted by Gasteiger charge is 2.14. The highest BCUT2D eigenvalue weighted by Crippen LogP contribution is 2.34. The standard InChI is InChI=1S/C25H19Br2N3O6/c1-2-34-22-11-17(13-28-29-25(31)24-10-16-9-18(26)6-7-21(16)36-24)20(27)12-23(22)35-14-15-4-3-5-19(8-15)30(32)33/h3-13H,2,14H2,1H3,(H,29,31)/b28-13+. The molecule has 0 radical (unpaired) electrons. The van der Waals surface area contributed by atoms with E-state index >= 15 is 0 Å². The Morgan fingerprint density at radius 1 is 1.11 bits per heavy atom. The summed E-state index contributed by atoms with van der Waals surface area (Å²) in [4.78, 5) is 23.0. The topological polar surface area (TPSA) is 116 Å². The molecule has 0 aliphatic heterocycles. The predicted molar refractivity (Wildman–Crippen MR) is 142 cm³/mol. The van der Waals surface area contributed by atoms with Gasteiger partial charge in [0, 0.05) is 32.0 Å². The summed E-state index contributed by atoms with van der Waals surface area (Å²) in [6.07, 6.45) is 1.47. The first kappa shape index (κ1) is 25.4. The van der Waals surface area contributed by atoms with E-state index in [4.69, 9.17) is 13.9 Å². The maximum absolute atomic E-state index is 12.5. The SMILES string of the molecule is CCOc1cc(/C=N/NC(=O)c2cc3cc(Br)ccc3o2)c(Br)cc1OCc1cccc([N+](=O)[O-])c1. The first-order valence-electron chi connectivity index (χ1n) is 10.7. The highest BCUT2D eigenvalue weighted by atomic mass is 79.9. The smallest absolute Gasteiger partial charge is 0.307 e. The molecule has 0 fully saturated rings. The van der Waals surface area contributed by atoms with E-state index in [1.165, 1.54) is 18.3 Å². The van der Waals surface area contributed by atoms with Crippen LogP contribution in [0.25, 0.3) is 11.0 Å². The highest BCUT2D eigenvalue weighted by molar-refractivity contribution is 9.10. The van der Waals surface area contributed by atoms with Gasteiger partial charge < -0.3 is 13.9 Å². The quantitative estimate of drug-likeness (QED) is 0.129. The van der Waals surface area contributed by atoms with Gasteiger partial charge in [0.25, 0.3) is 5.69 Å². The molecule has 0 bridgehead atoms. The summed E-state index contributed by atoms with van der Waals surface area (Å²) in [5.41, 5.74) is 4.32. The summed E-state index contributed by atoms with van der Waals surface area (Å²) >= 11 is 6.87. The van der Waals surface area contributed by atoms with Crippen molar-refractivity contribution < 1.29 is 23.6 Å². The van der Waals surface area contributed by atoms with Crippen molar-refractivity contribution in [3.8, 4) is 11.5 Å². The number of hydrazone groups is 1. The number of non-ortho nitro benzene ring substituents is 1. The molecule has 11 heteroatoms. The molecule has 0 aliphatic rings. The number of rotatable bonds is 9. The number of ether oxygens (including phenoxy) is 2. The number of hydrogen-bond donors (Lipinski definition) is 1. The monoisotopic (exact) mass is 615 g/mol. The predicted octanol–water partition coefficient (Wildman–Crippen LogP) is 6.61. The fourth-order valence-corrected chi connectivity index (χ4v) is 4.10. The van der Waals surface area contributed by atoms with Gasteiger partial charge in [0.2, 0.25) is 0 Å². The van der Waals surface area contributed by atoms with Crippen molar-refractivity contribution in [2.75, 3.05) is 6.61 Å². The number of benzene rings is 3. The van der Waals surface area contributed by atoms with Crippen LogP contribution in [0, 0.1) is 10.1 Å². The van der Waals surface area contributed by atoms with Crippen LogP contribution in [0.3, 0.4) is 0 Å².